The molecule has 106 valence electrons. The van der Waals surface area contributed by atoms with Crippen LogP contribution in [0.15, 0.2) is 18.2 Å². The number of hydrogen-bond donors (Lipinski definition) is 1. The van der Waals surface area contributed by atoms with E-state index in [0.29, 0.717) is 24.0 Å². The summed E-state index contributed by atoms with van der Waals surface area (Å²) in [6, 6.07) is 4.38. The van der Waals surface area contributed by atoms with Crippen LogP contribution in [0.25, 0.3) is 0 Å². The lowest BCUT2D eigenvalue weighted by atomic mass is 10.0. The van der Waals surface area contributed by atoms with Crippen LogP contribution in [0.4, 0.5) is 11.4 Å². The molecule has 5 heteroatoms. The fourth-order valence-corrected chi connectivity index (χ4v) is 1.91. The minimum atomic E-state index is -0.461. The van der Waals surface area contributed by atoms with E-state index < -0.39 is 4.92 Å². The molecule has 1 rings (SSSR count). The van der Waals surface area contributed by atoms with Crippen LogP contribution >= 0.6 is 0 Å². The first-order valence-corrected chi connectivity index (χ1v) is 6.74. The van der Waals surface area contributed by atoms with Crippen molar-refractivity contribution in [1.29, 1.82) is 0 Å². The molecule has 0 fully saturated rings. The van der Waals surface area contributed by atoms with Gasteiger partial charge in [0, 0.05) is 17.8 Å². The summed E-state index contributed by atoms with van der Waals surface area (Å²) in [6.45, 7) is 4.87. The molecule has 19 heavy (non-hydrogen) atoms. The second-order valence-electron chi connectivity index (χ2n) is 4.74. The Balaban J connectivity index is 2.63. The number of nitro groups is 1. The maximum atomic E-state index is 10.7. The summed E-state index contributed by atoms with van der Waals surface area (Å²) < 4.78 is 5.64. The van der Waals surface area contributed by atoms with Crippen molar-refractivity contribution in [1.82, 2.24) is 0 Å². The van der Waals surface area contributed by atoms with Crippen molar-refractivity contribution >= 4 is 11.4 Å². The van der Waals surface area contributed by atoms with Crippen molar-refractivity contribution in [3.8, 4) is 5.75 Å². The van der Waals surface area contributed by atoms with Gasteiger partial charge in [0.15, 0.2) is 0 Å². The Morgan fingerprint density at radius 1 is 1.37 bits per heavy atom. The minimum absolute atomic E-state index is 0.0309. The van der Waals surface area contributed by atoms with Gasteiger partial charge in [-0.25, -0.2) is 0 Å². The molecular weight excluding hydrogens is 244 g/mol. The quantitative estimate of drug-likeness (QED) is 0.441. The van der Waals surface area contributed by atoms with Gasteiger partial charge in [-0.15, -0.1) is 0 Å². The number of unbranched alkanes of at least 4 members (excludes halogenated alkanes) is 1. The van der Waals surface area contributed by atoms with E-state index in [1.54, 1.807) is 6.07 Å². The highest BCUT2D eigenvalue weighted by molar-refractivity contribution is 5.53. The first-order chi connectivity index (χ1) is 9.06. The third-order valence-corrected chi connectivity index (χ3v) is 3.15. The topological polar surface area (TPSA) is 78.4 Å². The van der Waals surface area contributed by atoms with Gasteiger partial charge in [-0.05, 0) is 12.3 Å². The molecular formula is C14H22N2O3. The van der Waals surface area contributed by atoms with E-state index in [1.165, 1.54) is 25.0 Å². The van der Waals surface area contributed by atoms with Gasteiger partial charge in [0.05, 0.1) is 17.6 Å². The van der Waals surface area contributed by atoms with E-state index in [0.717, 1.165) is 12.8 Å². The van der Waals surface area contributed by atoms with E-state index in [9.17, 15) is 10.1 Å². The molecule has 1 atom stereocenters. The van der Waals surface area contributed by atoms with Gasteiger partial charge < -0.3 is 10.5 Å². The molecule has 5 nitrogen and oxygen atoms in total. The number of non-ortho nitro benzene ring substituents is 1. The van der Waals surface area contributed by atoms with E-state index in [1.807, 2.05) is 0 Å². The summed E-state index contributed by atoms with van der Waals surface area (Å²) in [7, 11) is 0. The zero-order chi connectivity index (χ0) is 14.3. The van der Waals surface area contributed by atoms with Gasteiger partial charge in [-0.3, -0.25) is 10.1 Å². The summed E-state index contributed by atoms with van der Waals surface area (Å²) in [5.41, 5.74) is 5.95. The highest BCUT2D eigenvalue weighted by atomic mass is 16.6. The molecule has 1 aromatic rings. The molecule has 1 unspecified atom stereocenters. The SMILES string of the molecule is CCCCC(CC)COc1cc(N)cc([N+](=O)[O-])c1. The van der Waals surface area contributed by atoms with Crippen molar-refractivity contribution in [3.05, 3.63) is 28.3 Å². The number of benzene rings is 1. The lowest BCUT2D eigenvalue weighted by molar-refractivity contribution is -0.384. The molecule has 0 saturated heterocycles. The molecule has 2 N–H and O–H groups in total. The van der Waals surface area contributed by atoms with Crippen LogP contribution in [-0.4, -0.2) is 11.5 Å². The Morgan fingerprint density at radius 3 is 2.68 bits per heavy atom. The number of anilines is 1. The number of rotatable bonds is 8. The Hall–Kier alpha value is -1.78. The summed E-state index contributed by atoms with van der Waals surface area (Å²) in [5.74, 6) is 0.960. The van der Waals surface area contributed by atoms with E-state index >= 15 is 0 Å². The van der Waals surface area contributed by atoms with Crippen molar-refractivity contribution in [2.24, 2.45) is 5.92 Å². The molecule has 0 aliphatic heterocycles. The number of nitrogens with zero attached hydrogens (tertiary/aromatic N) is 1. The molecule has 0 radical (unpaired) electrons. The lowest BCUT2D eigenvalue weighted by Crippen LogP contribution is -2.11. The summed E-state index contributed by atoms with van der Waals surface area (Å²) >= 11 is 0. The molecule has 0 amide bonds. The standard InChI is InChI=1S/C14H22N2O3/c1-3-5-6-11(4-2)10-19-14-8-12(15)7-13(9-14)16(17)18/h7-9,11H,3-6,10,15H2,1-2H3. The molecule has 0 heterocycles. The second-order valence-corrected chi connectivity index (χ2v) is 4.74. The first kappa shape index (κ1) is 15.3. The van der Waals surface area contributed by atoms with Crippen LogP contribution in [0.5, 0.6) is 5.75 Å². The highest BCUT2D eigenvalue weighted by Gasteiger charge is 2.11. The number of ether oxygens (including phenoxy) is 1. The Morgan fingerprint density at radius 2 is 2.11 bits per heavy atom. The van der Waals surface area contributed by atoms with Crippen molar-refractivity contribution in [3.63, 3.8) is 0 Å². The summed E-state index contributed by atoms with van der Waals surface area (Å²) in [4.78, 5) is 10.3. The van der Waals surface area contributed by atoms with Crippen LogP contribution in [0.1, 0.15) is 39.5 Å². The van der Waals surface area contributed by atoms with Crippen LogP contribution < -0.4 is 10.5 Å². The average molecular weight is 266 g/mol. The average Bonchev–Trinajstić information content (AvgIpc) is 2.38. The van der Waals surface area contributed by atoms with Crippen molar-refractivity contribution in [2.75, 3.05) is 12.3 Å². The van der Waals surface area contributed by atoms with Gasteiger partial charge in [0.25, 0.3) is 5.69 Å². The van der Waals surface area contributed by atoms with E-state index in [4.69, 9.17) is 10.5 Å². The van der Waals surface area contributed by atoms with Gasteiger partial charge in [0.1, 0.15) is 5.75 Å². The Kier molecular flexibility index (Phi) is 6.12. The number of nitrogen functional groups attached to an aromatic ring is 1. The predicted molar refractivity (Wildman–Crippen MR) is 76.3 cm³/mol. The van der Waals surface area contributed by atoms with Gasteiger partial charge in [-0.2, -0.15) is 0 Å². The zero-order valence-electron chi connectivity index (χ0n) is 11.6. The molecule has 0 aliphatic rings. The number of hydrogen-bond acceptors (Lipinski definition) is 4. The monoisotopic (exact) mass is 266 g/mol. The van der Waals surface area contributed by atoms with Crippen LogP contribution in [0.2, 0.25) is 0 Å². The van der Waals surface area contributed by atoms with E-state index in [-0.39, 0.29) is 5.69 Å². The second kappa shape index (κ2) is 7.61. The zero-order valence-corrected chi connectivity index (χ0v) is 11.6. The smallest absolute Gasteiger partial charge is 0.275 e. The van der Waals surface area contributed by atoms with Crippen LogP contribution in [0, 0.1) is 16.0 Å². The van der Waals surface area contributed by atoms with Crippen molar-refractivity contribution < 1.29 is 9.66 Å². The summed E-state index contributed by atoms with van der Waals surface area (Å²) in [5, 5.41) is 10.7. The number of nitro benzene ring substituents is 1. The largest absolute Gasteiger partial charge is 0.493 e. The molecule has 0 saturated carbocycles. The minimum Gasteiger partial charge on any atom is -0.493 e. The fraction of sp³-hybridized carbons (Fsp3) is 0.571. The molecule has 0 aliphatic carbocycles. The van der Waals surface area contributed by atoms with Crippen LogP contribution in [0.3, 0.4) is 0 Å². The maximum absolute atomic E-state index is 10.7. The maximum Gasteiger partial charge on any atom is 0.275 e. The third kappa shape index (κ3) is 5.16. The Labute approximate surface area is 113 Å². The highest BCUT2D eigenvalue weighted by Crippen LogP contribution is 2.25. The molecule has 1 aromatic carbocycles. The molecule has 0 bridgehead atoms. The third-order valence-electron chi connectivity index (χ3n) is 3.15. The Bertz CT molecular complexity index is 421. The molecule has 0 spiro atoms. The molecule has 0 aromatic heterocycles. The summed E-state index contributed by atoms with van der Waals surface area (Å²) in [6.07, 6.45) is 4.51. The van der Waals surface area contributed by atoms with E-state index in [2.05, 4.69) is 13.8 Å². The lowest BCUT2D eigenvalue weighted by Gasteiger charge is -2.15. The van der Waals surface area contributed by atoms with Gasteiger partial charge in [-0.1, -0.05) is 33.1 Å². The van der Waals surface area contributed by atoms with Crippen molar-refractivity contribution in [2.45, 2.75) is 39.5 Å². The van der Waals surface area contributed by atoms with Crippen LogP contribution in [-0.2, 0) is 0 Å². The predicted octanol–water partition coefficient (Wildman–Crippen LogP) is 3.77. The van der Waals surface area contributed by atoms with Gasteiger partial charge >= 0.3 is 0 Å². The number of nitrogens with two attached hydrogens (primary N) is 1. The van der Waals surface area contributed by atoms with Gasteiger partial charge in [0.2, 0.25) is 0 Å². The fourth-order valence-electron chi connectivity index (χ4n) is 1.91. The normalized spacial score (nSPS) is 12.1. The first-order valence-electron chi connectivity index (χ1n) is 6.74.